The van der Waals surface area contributed by atoms with E-state index >= 15 is 13.2 Å². The summed E-state index contributed by atoms with van der Waals surface area (Å²) in [5, 5.41) is 6.03. The highest BCUT2D eigenvalue weighted by Crippen LogP contribution is 2.51. The first-order valence-electron chi connectivity index (χ1n) is 20.5. The predicted octanol–water partition coefficient (Wildman–Crippen LogP) is 16.8. The average Bonchev–Trinajstić information content (AvgIpc) is 3.28. The lowest BCUT2D eigenvalue weighted by molar-refractivity contribution is -0.137. The van der Waals surface area contributed by atoms with Crippen LogP contribution in [0.1, 0.15) is 22.3 Å². The molecule has 0 saturated heterocycles. The maximum Gasteiger partial charge on any atom is 0.418 e. The summed E-state index contributed by atoms with van der Waals surface area (Å²) in [6, 6.07) is 64.4. The first-order valence-corrected chi connectivity index (χ1v) is 20.5. The van der Waals surface area contributed by atoms with E-state index in [1.807, 2.05) is 72.5 Å². The van der Waals surface area contributed by atoms with E-state index in [2.05, 4.69) is 128 Å². The summed E-state index contributed by atoms with van der Waals surface area (Å²) >= 11 is 0. The Labute approximate surface area is 353 Å². The van der Waals surface area contributed by atoms with Gasteiger partial charge in [-0.05, 0) is 124 Å². The monoisotopic (exact) mass is 798 g/mol. The molecule has 10 aromatic carbocycles. The lowest BCUT2D eigenvalue weighted by atomic mass is 9.91. The van der Waals surface area contributed by atoms with E-state index in [1.165, 1.54) is 12.1 Å². The lowest BCUT2D eigenvalue weighted by Gasteiger charge is -2.32. The summed E-state index contributed by atoms with van der Waals surface area (Å²) in [6.45, 7) is 6.26. The van der Waals surface area contributed by atoms with E-state index < -0.39 is 11.7 Å². The van der Waals surface area contributed by atoms with Crippen molar-refractivity contribution in [2.24, 2.45) is 0 Å². The van der Waals surface area contributed by atoms with Gasteiger partial charge in [-0.15, -0.1) is 0 Å². The molecule has 61 heavy (non-hydrogen) atoms. The van der Waals surface area contributed by atoms with E-state index in [0.29, 0.717) is 11.4 Å². The van der Waals surface area contributed by atoms with Crippen LogP contribution in [0, 0.1) is 20.8 Å². The Kier molecular flexibility index (Phi) is 9.33. The van der Waals surface area contributed by atoms with Gasteiger partial charge in [0.25, 0.3) is 0 Å². The number of hydrogen-bond donors (Lipinski definition) is 0. The van der Waals surface area contributed by atoms with Crippen molar-refractivity contribution in [3.8, 4) is 22.3 Å². The molecule has 296 valence electrons. The topological polar surface area (TPSA) is 6.48 Å². The van der Waals surface area contributed by atoms with Crippen molar-refractivity contribution in [1.82, 2.24) is 0 Å². The highest BCUT2D eigenvalue weighted by atomic mass is 19.4. The fourth-order valence-electron chi connectivity index (χ4n) is 8.98. The molecule has 0 radical (unpaired) electrons. The molecule has 0 heterocycles. The molecule has 0 aliphatic heterocycles. The van der Waals surface area contributed by atoms with E-state index in [-0.39, 0.29) is 5.69 Å². The molecule has 0 aliphatic rings. The van der Waals surface area contributed by atoms with Gasteiger partial charge in [0.1, 0.15) is 0 Å². The van der Waals surface area contributed by atoms with E-state index in [9.17, 15) is 0 Å². The van der Waals surface area contributed by atoms with Gasteiger partial charge >= 0.3 is 6.18 Å². The van der Waals surface area contributed by atoms with E-state index in [4.69, 9.17) is 0 Å². The molecule has 5 heteroatoms. The molecule has 0 aliphatic carbocycles. The molecule has 10 aromatic rings. The van der Waals surface area contributed by atoms with Gasteiger partial charge in [-0.2, -0.15) is 13.2 Å². The third-order valence-corrected chi connectivity index (χ3v) is 12.0. The maximum absolute atomic E-state index is 15.1. The number of halogens is 3. The van der Waals surface area contributed by atoms with Crippen LogP contribution in [-0.4, -0.2) is 0 Å². The fraction of sp³-hybridized carbons (Fsp3) is 0.0714. The molecule has 0 fully saturated rings. The Bertz CT molecular complexity index is 3230. The quantitative estimate of drug-likeness (QED) is 0.141. The highest BCUT2D eigenvalue weighted by Gasteiger charge is 2.36. The molecule has 0 amide bonds. The fourth-order valence-corrected chi connectivity index (χ4v) is 8.98. The molecule has 10 rings (SSSR count). The van der Waals surface area contributed by atoms with Crippen LogP contribution in [-0.2, 0) is 6.18 Å². The number of hydrogen-bond acceptors (Lipinski definition) is 2. The third-order valence-electron chi connectivity index (χ3n) is 12.0. The molecule has 0 aromatic heterocycles. The third kappa shape index (κ3) is 6.63. The molecule has 0 spiro atoms. The standard InChI is InChI=1S/C56H41F3N2/c1-36-14-10-12-20-48(36)60(52-34-43(24-22-37(52)2)39-15-6-4-7-16-39)49-32-28-41-27-31-46-50(33-29-42-26-30-45(49)54(41)55(42)46)61(51-21-13-11-19-47(51)56(57,58)59)53-35-44(25-23-38(53)3)40-17-8-5-9-18-40/h4-35H,1-3H3. The summed E-state index contributed by atoms with van der Waals surface area (Å²) in [5.41, 5.74) is 11.1. The van der Waals surface area contributed by atoms with E-state index in [1.54, 1.807) is 12.1 Å². The number of rotatable bonds is 8. The minimum absolute atomic E-state index is 0.0681. The zero-order valence-corrected chi connectivity index (χ0v) is 34.0. The Morgan fingerprint density at radius 3 is 1.23 bits per heavy atom. The van der Waals surface area contributed by atoms with Gasteiger partial charge in [0.2, 0.25) is 0 Å². The molecule has 0 unspecified atom stereocenters. The van der Waals surface area contributed by atoms with Crippen LogP contribution in [0.3, 0.4) is 0 Å². The van der Waals surface area contributed by atoms with Crippen molar-refractivity contribution in [3.05, 3.63) is 216 Å². The SMILES string of the molecule is Cc1ccccc1N(c1cc(-c2ccccc2)ccc1C)c1ccc2ccc3c(N(c4cc(-c5ccccc5)ccc4C)c4ccccc4C(F)(F)F)ccc4ccc1c2c43. The summed E-state index contributed by atoms with van der Waals surface area (Å²) in [7, 11) is 0. The number of alkyl halides is 3. The Hall–Kier alpha value is -7.37. The lowest BCUT2D eigenvalue weighted by Crippen LogP contribution is -2.18. The highest BCUT2D eigenvalue weighted by molar-refractivity contribution is 6.28. The predicted molar refractivity (Wildman–Crippen MR) is 250 cm³/mol. The van der Waals surface area contributed by atoms with Crippen molar-refractivity contribution >= 4 is 66.4 Å². The average molecular weight is 799 g/mol. The van der Waals surface area contributed by atoms with Crippen LogP contribution in [0.15, 0.2) is 194 Å². The van der Waals surface area contributed by atoms with Gasteiger partial charge < -0.3 is 9.80 Å². The Morgan fingerprint density at radius 2 is 0.738 bits per heavy atom. The first-order chi connectivity index (χ1) is 29.7. The first kappa shape index (κ1) is 37.9. The number of para-hydroxylation sites is 2. The van der Waals surface area contributed by atoms with Gasteiger partial charge in [0, 0.05) is 27.8 Å². The van der Waals surface area contributed by atoms with Gasteiger partial charge in [-0.3, -0.25) is 0 Å². The second-order valence-corrected chi connectivity index (χ2v) is 15.8. The minimum atomic E-state index is -4.59. The van der Waals surface area contributed by atoms with Crippen molar-refractivity contribution in [3.63, 3.8) is 0 Å². The summed E-state index contributed by atoms with van der Waals surface area (Å²) in [4.78, 5) is 4.18. The molecule has 0 bridgehead atoms. The zero-order chi connectivity index (χ0) is 41.8. The van der Waals surface area contributed by atoms with Gasteiger partial charge in [-0.25, -0.2) is 0 Å². The normalized spacial score (nSPS) is 11.8. The second-order valence-electron chi connectivity index (χ2n) is 15.8. The zero-order valence-electron chi connectivity index (χ0n) is 34.0. The Morgan fingerprint density at radius 1 is 0.328 bits per heavy atom. The molecule has 0 atom stereocenters. The summed E-state index contributed by atoms with van der Waals surface area (Å²) in [5.74, 6) is 0. The maximum atomic E-state index is 15.1. The molecule has 0 N–H and O–H groups in total. The molecule has 0 saturated carbocycles. The van der Waals surface area contributed by atoms with Crippen molar-refractivity contribution in [2.75, 3.05) is 9.80 Å². The largest absolute Gasteiger partial charge is 0.418 e. The van der Waals surface area contributed by atoms with Crippen LogP contribution in [0.2, 0.25) is 0 Å². The van der Waals surface area contributed by atoms with Gasteiger partial charge in [0.05, 0.1) is 22.6 Å². The van der Waals surface area contributed by atoms with Crippen LogP contribution in [0.25, 0.3) is 54.6 Å². The summed E-state index contributed by atoms with van der Waals surface area (Å²) in [6.07, 6.45) is -4.59. The molecular formula is C56H41F3N2. The number of anilines is 6. The smallest absolute Gasteiger partial charge is 0.309 e. The molecular weight excluding hydrogens is 758 g/mol. The van der Waals surface area contributed by atoms with Crippen molar-refractivity contribution < 1.29 is 13.2 Å². The van der Waals surface area contributed by atoms with Gasteiger partial charge in [0.15, 0.2) is 0 Å². The van der Waals surface area contributed by atoms with Crippen LogP contribution < -0.4 is 9.80 Å². The molecule has 2 nitrogen and oxygen atoms in total. The van der Waals surface area contributed by atoms with Crippen molar-refractivity contribution in [1.29, 1.82) is 0 Å². The number of benzene rings is 10. The Balaban J connectivity index is 1.25. The second kappa shape index (κ2) is 15.0. The summed E-state index contributed by atoms with van der Waals surface area (Å²) < 4.78 is 45.2. The van der Waals surface area contributed by atoms with Crippen LogP contribution in [0.4, 0.5) is 47.3 Å². The van der Waals surface area contributed by atoms with Crippen molar-refractivity contribution in [2.45, 2.75) is 26.9 Å². The number of nitrogens with zero attached hydrogens (tertiary/aromatic N) is 2. The minimum Gasteiger partial charge on any atom is -0.309 e. The van der Waals surface area contributed by atoms with Crippen LogP contribution in [0.5, 0.6) is 0 Å². The van der Waals surface area contributed by atoms with Crippen LogP contribution >= 0.6 is 0 Å². The van der Waals surface area contributed by atoms with E-state index in [0.717, 1.165) is 88.3 Å². The number of aryl methyl sites for hydroxylation is 3. The van der Waals surface area contributed by atoms with Gasteiger partial charge in [-0.1, -0.05) is 152 Å².